The first-order valence-corrected chi connectivity index (χ1v) is 4.62. The van der Waals surface area contributed by atoms with Crippen LogP contribution < -0.4 is 5.32 Å². The highest BCUT2D eigenvalue weighted by Gasteiger charge is 2.33. The van der Waals surface area contributed by atoms with Gasteiger partial charge in [-0.05, 0) is 0 Å². The predicted octanol–water partition coefficient (Wildman–Crippen LogP) is 0.414. The minimum Gasteiger partial charge on any atom is -0.381 e. The number of halogens is 1. The number of hydrogen-bond donors (Lipinski definition) is 1. The number of rotatable bonds is 2. The van der Waals surface area contributed by atoms with Crippen molar-refractivity contribution in [3.05, 3.63) is 0 Å². The molecule has 1 aliphatic rings. The second-order valence-electron chi connectivity index (χ2n) is 2.99. The summed E-state index contributed by atoms with van der Waals surface area (Å²) in [6.07, 6.45) is 1.07. The lowest BCUT2D eigenvalue weighted by Gasteiger charge is -2.31. The topological polar surface area (TPSA) is 62.1 Å². The molecule has 0 aliphatic carbocycles. The van der Waals surface area contributed by atoms with E-state index in [1.54, 1.807) is 0 Å². The molecule has 0 aromatic rings. The molecule has 1 amide bonds. The zero-order valence-corrected chi connectivity index (χ0v) is 7.93. The molecule has 1 heterocycles. The van der Waals surface area contributed by atoms with Crippen molar-refractivity contribution < 1.29 is 9.53 Å². The highest BCUT2D eigenvalue weighted by atomic mass is 35.5. The second kappa shape index (κ2) is 4.45. The van der Waals surface area contributed by atoms with E-state index in [4.69, 9.17) is 21.6 Å². The van der Waals surface area contributed by atoms with Crippen LogP contribution in [0.5, 0.6) is 0 Å². The van der Waals surface area contributed by atoms with E-state index in [9.17, 15) is 4.79 Å². The molecule has 0 aromatic carbocycles. The quantitative estimate of drug-likeness (QED) is 0.660. The highest BCUT2D eigenvalue weighted by Crippen LogP contribution is 2.19. The van der Waals surface area contributed by atoms with Gasteiger partial charge in [-0.25, -0.2) is 0 Å². The van der Waals surface area contributed by atoms with Gasteiger partial charge in [0.2, 0.25) is 5.91 Å². The van der Waals surface area contributed by atoms with Gasteiger partial charge in [0.15, 0.2) is 0 Å². The van der Waals surface area contributed by atoms with Crippen LogP contribution in [0.25, 0.3) is 0 Å². The average Bonchev–Trinajstić information content (AvgIpc) is 2.19. The molecule has 72 valence electrons. The van der Waals surface area contributed by atoms with Gasteiger partial charge in [-0.3, -0.25) is 4.79 Å². The minimum atomic E-state index is -0.760. The van der Waals surface area contributed by atoms with Crippen LogP contribution in [-0.4, -0.2) is 30.5 Å². The van der Waals surface area contributed by atoms with Crippen molar-refractivity contribution in [1.29, 1.82) is 5.26 Å². The smallest absolute Gasteiger partial charge is 0.236 e. The van der Waals surface area contributed by atoms with Crippen molar-refractivity contribution in [3.63, 3.8) is 0 Å². The Kier molecular flexibility index (Phi) is 3.52. The van der Waals surface area contributed by atoms with Crippen molar-refractivity contribution in [2.75, 3.05) is 19.1 Å². The first-order chi connectivity index (χ1) is 6.22. The van der Waals surface area contributed by atoms with E-state index in [1.165, 1.54) is 0 Å². The Morgan fingerprint density at radius 3 is 2.69 bits per heavy atom. The Morgan fingerprint density at radius 2 is 2.23 bits per heavy atom. The molecule has 0 saturated carbocycles. The van der Waals surface area contributed by atoms with Crippen LogP contribution in [-0.2, 0) is 9.53 Å². The summed E-state index contributed by atoms with van der Waals surface area (Å²) in [6, 6.07) is 2.11. The van der Waals surface area contributed by atoms with Crippen molar-refractivity contribution in [1.82, 2.24) is 5.32 Å². The van der Waals surface area contributed by atoms with E-state index in [2.05, 4.69) is 11.4 Å². The number of nitrogens with zero attached hydrogens (tertiary/aromatic N) is 1. The van der Waals surface area contributed by atoms with E-state index in [-0.39, 0.29) is 11.8 Å². The normalized spacial score (nSPS) is 20.3. The van der Waals surface area contributed by atoms with Crippen molar-refractivity contribution in [2.24, 2.45) is 0 Å². The molecule has 0 radical (unpaired) electrons. The van der Waals surface area contributed by atoms with Gasteiger partial charge in [0, 0.05) is 26.1 Å². The van der Waals surface area contributed by atoms with Crippen LogP contribution in [0, 0.1) is 11.3 Å². The molecule has 0 bridgehead atoms. The Balaban J connectivity index is 2.59. The summed E-state index contributed by atoms with van der Waals surface area (Å²) in [5.74, 6) is -0.408. The molecule has 0 unspecified atom stereocenters. The lowest BCUT2D eigenvalue weighted by Crippen LogP contribution is -2.51. The number of ether oxygens (including phenoxy) is 1. The fourth-order valence-electron chi connectivity index (χ4n) is 1.28. The summed E-state index contributed by atoms with van der Waals surface area (Å²) < 4.78 is 5.11. The molecule has 1 rings (SSSR count). The van der Waals surface area contributed by atoms with Gasteiger partial charge in [0.1, 0.15) is 11.4 Å². The van der Waals surface area contributed by atoms with Gasteiger partial charge >= 0.3 is 0 Å². The first kappa shape index (κ1) is 10.3. The maximum absolute atomic E-state index is 11.0. The van der Waals surface area contributed by atoms with Crippen LogP contribution in [0.2, 0.25) is 0 Å². The number of nitriles is 1. The lowest BCUT2D eigenvalue weighted by molar-refractivity contribution is -0.120. The van der Waals surface area contributed by atoms with Gasteiger partial charge in [0.25, 0.3) is 0 Å². The minimum absolute atomic E-state index is 0.107. The van der Waals surface area contributed by atoms with E-state index < -0.39 is 5.54 Å². The number of carbonyl (C=O) groups excluding carboxylic acids is 1. The van der Waals surface area contributed by atoms with E-state index in [0.717, 1.165) is 0 Å². The van der Waals surface area contributed by atoms with Crippen molar-refractivity contribution in [3.8, 4) is 6.07 Å². The molecule has 1 fully saturated rings. The van der Waals surface area contributed by atoms with Crippen LogP contribution in [0.4, 0.5) is 0 Å². The third kappa shape index (κ3) is 2.58. The van der Waals surface area contributed by atoms with Crippen LogP contribution in [0.1, 0.15) is 12.8 Å². The van der Waals surface area contributed by atoms with Gasteiger partial charge in [-0.1, -0.05) is 0 Å². The Bertz CT molecular complexity index is 231. The largest absolute Gasteiger partial charge is 0.381 e. The third-order valence-electron chi connectivity index (χ3n) is 2.06. The summed E-state index contributed by atoms with van der Waals surface area (Å²) in [5, 5.41) is 11.5. The van der Waals surface area contributed by atoms with Crippen molar-refractivity contribution in [2.45, 2.75) is 18.4 Å². The van der Waals surface area contributed by atoms with Crippen LogP contribution in [0.3, 0.4) is 0 Å². The number of nitrogens with one attached hydrogen (secondary N) is 1. The van der Waals surface area contributed by atoms with Gasteiger partial charge in [0.05, 0.1) is 6.07 Å². The Labute approximate surface area is 81.8 Å². The summed E-state index contributed by atoms with van der Waals surface area (Å²) in [4.78, 5) is 11.0. The Morgan fingerprint density at radius 1 is 1.62 bits per heavy atom. The zero-order valence-electron chi connectivity index (χ0n) is 7.18. The van der Waals surface area contributed by atoms with Gasteiger partial charge < -0.3 is 10.1 Å². The maximum Gasteiger partial charge on any atom is 0.236 e. The molecule has 1 aliphatic heterocycles. The molecular formula is C8H11ClN2O2. The second-order valence-corrected chi connectivity index (χ2v) is 3.26. The van der Waals surface area contributed by atoms with Gasteiger partial charge in [-0.2, -0.15) is 5.26 Å². The van der Waals surface area contributed by atoms with Crippen molar-refractivity contribution >= 4 is 17.5 Å². The SMILES string of the molecule is N#CC1(NC(=O)CCl)CCOCC1. The predicted molar refractivity (Wildman–Crippen MR) is 47.3 cm³/mol. The van der Waals surface area contributed by atoms with Gasteiger partial charge in [-0.15, -0.1) is 11.6 Å². The number of hydrogen-bond acceptors (Lipinski definition) is 3. The molecule has 4 nitrogen and oxygen atoms in total. The first-order valence-electron chi connectivity index (χ1n) is 4.08. The molecule has 0 atom stereocenters. The summed E-state index contributed by atoms with van der Waals surface area (Å²) >= 11 is 5.34. The molecule has 13 heavy (non-hydrogen) atoms. The standard InChI is InChI=1S/C8H11ClN2O2/c9-5-7(12)11-8(6-10)1-3-13-4-2-8/h1-5H2,(H,11,12). The molecule has 0 spiro atoms. The molecule has 0 aromatic heterocycles. The molecular weight excluding hydrogens is 192 g/mol. The third-order valence-corrected chi connectivity index (χ3v) is 2.30. The lowest BCUT2D eigenvalue weighted by atomic mass is 9.92. The Hall–Kier alpha value is -0.790. The summed E-state index contributed by atoms with van der Waals surface area (Å²) in [5.41, 5.74) is -0.760. The maximum atomic E-state index is 11.0. The number of carbonyl (C=O) groups is 1. The van der Waals surface area contributed by atoms with E-state index in [0.29, 0.717) is 26.1 Å². The van der Waals surface area contributed by atoms with Crippen LogP contribution in [0.15, 0.2) is 0 Å². The summed E-state index contributed by atoms with van der Waals surface area (Å²) in [6.45, 7) is 1.02. The van der Waals surface area contributed by atoms with Crippen LogP contribution >= 0.6 is 11.6 Å². The number of alkyl halides is 1. The monoisotopic (exact) mass is 202 g/mol. The number of amides is 1. The molecule has 5 heteroatoms. The fraction of sp³-hybridized carbons (Fsp3) is 0.750. The molecule has 1 N–H and O–H groups in total. The summed E-state index contributed by atoms with van der Waals surface area (Å²) in [7, 11) is 0. The average molecular weight is 203 g/mol. The highest BCUT2D eigenvalue weighted by molar-refractivity contribution is 6.27. The zero-order chi connectivity index (χ0) is 9.73. The van der Waals surface area contributed by atoms with E-state index in [1.807, 2.05) is 0 Å². The molecule has 1 saturated heterocycles. The van der Waals surface area contributed by atoms with E-state index >= 15 is 0 Å². The fourth-order valence-corrected chi connectivity index (χ4v) is 1.35.